The SMILES string of the molecule is COc1ccc(C(=O)OCC(=O)N[C@@H](C)c2ccc3c(c2)OCO3)cc1. The quantitative estimate of drug-likeness (QED) is 0.800. The Balaban J connectivity index is 1.51. The predicted molar refractivity (Wildman–Crippen MR) is 92.4 cm³/mol. The topological polar surface area (TPSA) is 83.1 Å². The molecular weight excluding hydrogens is 338 g/mol. The van der Waals surface area contributed by atoms with E-state index < -0.39 is 11.9 Å². The number of amides is 1. The van der Waals surface area contributed by atoms with Crippen LogP contribution in [0, 0.1) is 0 Å². The van der Waals surface area contributed by atoms with Gasteiger partial charge in [-0.05, 0) is 48.9 Å². The van der Waals surface area contributed by atoms with Crippen molar-refractivity contribution in [3.8, 4) is 17.2 Å². The minimum absolute atomic E-state index is 0.195. The van der Waals surface area contributed by atoms with Crippen LogP contribution in [-0.4, -0.2) is 32.4 Å². The van der Waals surface area contributed by atoms with E-state index in [1.165, 1.54) is 0 Å². The van der Waals surface area contributed by atoms with E-state index in [0.717, 1.165) is 5.56 Å². The number of ether oxygens (including phenoxy) is 4. The molecule has 0 radical (unpaired) electrons. The fourth-order valence-corrected chi connectivity index (χ4v) is 2.49. The molecule has 1 heterocycles. The lowest BCUT2D eigenvalue weighted by Gasteiger charge is -2.15. The van der Waals surface area contributed by atoms with E-state index in [9.17, 15) is 9.59 Å². The van der Waals surface area contributed by atoms with Gasteiger partial charge in [0.25, 0.3) is 5.91 Å². The van der Waals surface area contributed by atoms with E-state index in [4.69, 9.17) is 18.9 Å². The summed E-state index contributed by atoms with van der Waals surface area (Å²) in [6, 6.07) is 11.7. The average Bonchev–Trinajstić information content (AvgIpc) is 3.14. The van der Waals surface area contributed by atoms with Crippen LogP contribution >= 0.6 is 0 Å². The van der Waals surface area contributed by atoms with Gasteiger partial charge in [-0.15, -0.1) is 0 Å². The number of hydrogen-bond acceptors (Lipinski definition) is 6. The Kier molecular flexibility index (Phi) is 5.26. The third kappa shape index (κ3) is 4.05. The number of benzene rings is 2. The first-order valence-electron chi connectivity index (χ1n) is 8.07. The molecule has 26 heavy (non-hydrogen) atoms. The fraction of sp³-hybridized carbons (Fsp3) is 0.263. The van der Waals surface area contributed by atoms with E-state index in [0.29, 0.717) is 22.8 Å². The fourth-order valence-electron chi connectivity index (χ4n) is 2.49. The minimum Gasteiger partial charge on any atom is -0.497 e. The van der Waals surface area contributed by atoms with Crippen LogP contribution in [0.15, 0.2) is 42.5 Å². The van der Waals surface area contributed by atoms with E-state index in [1.54, 1.807) is 37.4 Å². The Morgan fingerprint density at radius 1 is 1.12 bits per heavy atom. The Morgan fingerprint density at radius 2 is 1.85 bits per heavy atom. The number of methoxy groups -OCH3 is 1. The molecule has 0 aromatic heterocycles. The highest BCUT2D eigenvalue weighted by atomic mass is 16.7. The van der Waals surface area contributed by atoms with Crippen molar-refractivity contribution in [2.75, 3.05) is 20.5 Å². The van der Waals surface area contributed by atoms with Crippen LogP contribution in [0.5, 0.6) is 17.2 Å². The van der Waals surface area contributed by atoms with E-state index >= 15 is 0 Å². The summed E-state index contributed by atoms with van der Waals surface area (Å²) < 4.78 is 20.7. The van der Waals surface area contributed by atoms with E-state index in [1.807, 2.05) is 19.1 Å². The summed E-state index contributed by atoms with van der Waals surface area (Å²) in [7, 11) is 1.54. The largest absolute Gasteiger partial charge is 0.497 e. The zero-order valence-corrected chi connectivity index (χ0v) is 14.5. The van der Waals surface area contributed by atoms with Crippen LogP contribution in [0.25, 0.3) is 0 Å². The molecule has 0 spiro atoms. The Morgan fingerprint density at radius 3 is 2.58 bits per heavy atom. The van der Waals surface area contributed by atoms with E-state index in [2.05, 4.69) is 5.32 Å². The Hall–Kier alpha value is -3.22. The second-order valence-corrected chi connectivity index (χ2v) is 5.71. The van der Waals surface area contributed by atoms with Crippen molar-refractivity contribution in [2.24, 2.45) is 0 Å². The maximum Gasteiger partial charge on any atom is 0.338 e. The molecule has 7 heteroatoms. The third-order valence-electron chi connectivity index (χ3n) is 3.93. The Labute approximate surface area is 150 Å². The van der Waals surface area contributed by atoms with Crippen LogP contribution in [0.2, 0.25) is 0 Å². The molecule has 1 aliphatic heterocycles. The van der Waals surface area contributed by atoms with Gasteiger partial charge in [0.05, 0.1) is 18.7 Å². The number of esters is 1. The lowest BCUT2D eigenvalue weighted by atomic mass is 10.1. The number of rotatable bonds is 6. The highest BCUT2D eigenvalue weighted by Crippen LogP contribution is 2.34. The average molecular weight is 357 g/mol. The molecule has 0 fully saturated rings. The first-order chi connectivity index (χ1) is 12.6. The molecule has 2 aromatic carbocycles. The molecule has 0 aliphatic carbocycles. The molecular formula is C19H19NO6. The van der Waals surface area contributed by atoms with Crippen molar-refractivity contribution in [2.45, 2.75) is 13.0 Å². The lowest BCUT2D eigenvalue weighted by Crippen LogP contribution is -2.31. The van der Waals surface area contributed by atoms with Crippen LogP contribution in [-0.2, 0) is 9.53 Å². The highest BCUT2D eigenvalue weighted by Gasteiger charge is 2.17. The predicted octanol–water partition coefficient (Wildman–Crippen LogP) is 2.46. The summed E-state index contributed by atoms with van der Waals surface area (Å²) in [4.78, 5) is 24.0. The molecule has 0 bridgehead atoms. The molecule has 3 rings (SSSR count). The number of carbonyl (C=O) groups excluding carboxylic acids is 2. The van der Waals surface area contributed by atoms with Crippen molar-refractivity contribution in [1.29, 1.82) is 0 Å². The monoisotopic (exact) mass is 357 g/mol. The Bertz CT molecular complexity index is 802. The van der Waals surface area contributed by atoms with Crippen LogP contribution < -0.4 is 19.5 Å². The summed E-state index contributed by atoms with van der Waals surface area (Å²) in [5.74, 6) is 1.00. The molecule has 1 N–H and O–H groups in total. The first kappa shape index (κ1) is 17.6. The molecule has 1 amide bonds. The second-order valence-electron chi connectivity index (χ2n) is 5.71. The van der Waals surface area contributed by atoms with Gasteiger partial charge in [0.15, 0.2) is 18.1 Å². The summed E-state index contributed by atoms with van der Waals surface area (Å²) in [5, 5.41) is 2.78. The van der Waals surface area contributed by atoms with Gasteiger partial charge in [-0.3, -0.25) is 4.79 Å². The van der Waals surface area contributed by atoms with Gasteiger partial charge in [-0.25, -0.2) is 4.79 Å². The van der Waals surface area contributed by atoms with E-state index in [-0.39, 0.29) is 19.4 Å². The molecule has 0 saturated carbocycles. The van der Waals surface area contributed by atoms with Gasteiger partial charge in [-0.2, -0.15) is 0 Å². The molecule has 0 saturated heterocycles. The van der Waals surface area contributed by atoms with Gasteiger partial charge < -0.3 is 24.3 Å². The summed E-state index contributed by atoms with van der Waals surface area (Å²) in [6.45, 7) is 1.67. The zero-order chi connectivity index (χ0) is 18.5. The van der Waals surface area contributed by atoms with Gasteiger partial charge in [0, 0.05) is 0 Å². The van der Waals surface area contributed by atoms with Crippen molar-refractivity contribution < 1.29 is 28.5 Å². The van der Waals surface area contributed by atoms with Gasteiger partial charge >= 0.3 is 5.97 Å². The molecule has 7 nitrogen and oxygen atoms in total. The molecule has 1 aliphatic rings. The van der Waals surface area contributed by atoms with Gasteiger partial charge in [-0.1, -0.05) is 6.07 Å². The van der Waals surface area contributed by atoms with Crippen molar-refractivity contribution in [3.63, 3.8) is 0 Å². The lowest BCUT2D eigenvalue weighted by molar-refractivity contribution is -0.124. The second kappa shape index (κ2) is 7.77. The molecule has 0 unspecified atom stereocenters. The smallest absolute Gasteiger partial charge is 0.338 e. The number of fused-ring (bicyclic) bond motifs is 1. The zero-order valence-electron chi connectivity index (χ0n) is 14.5. The molecule has 136 valence electrons. The van der Waals surface area contributed by atoms with Crippen LogP contribution in [0.4, 0.5) is 0 Å². The minimum atomic E-state index is -0.571. The standard InChI is InChI=1S/C19H19NO6/c1-12(14-5-8-16-17(9-14)26-11-25-16)20-18(21)10-24-19(22)13-3-6-15(23-2)7-4-13/h3-9,12H,10-11H2,1-2H3,(H,20,21)/t12-/m0/s1. The first-order valence-corrected chi connectivity index (χ1v) is 8.07. The number of nitrogens with one attached hydrogen (secondary N) is 1. The summed E-state index contributed by atoms with van der Waals surface area (Å²) >= 11 is 0. The maximum atomic E-state index is 12.0. The van der Waals surface area contributed by atoms with Crippen molar-refractivity contribution in [3.05, 3.63) is 53.6 Å². The maximum absolute atomic E-state index is 12.0. The van der Waals surface area contributed by atoms with Crippen LogP contribution in [0.1, 0.15) is 28.9 Å². The van der Waals surface area contributed by atoms with Gasteiger partial charge in [0.2, 0.25) is 6.79 Å². The van der Waals surface area contributed by atoms with Gasteiger partial charge in [0.1, 0.15) is 5.75 Å². The number of carbonyl (C=O) groups is 2. The molecule has 2 aromatic rings. The molecule has 1 atom stereocenters. The third-order valence-corrected chi connectivity index (χ3v) is 3.93. The summed E-state index contributed by atoms with van der Waals surface area (Å²) in [6.07, 6.45) is 0. The number of hydrogen-bond donors (Lipinski definition) is 1. The van der Waals surface area contributed by atoms with Crippen LogP contribution in [0.3, 0.4) is 0 Å². The normalized spacial score (nSPS) is 13.0. The van der Waals surface area contributed by atoms with Crippen molar-refractivity contribution in [1.82, 2.24) is 5.32 Å². The highest BCUT2D eigenvalue weighted by molar-refractivity contribution is 5.91. The van der Waals surface area contributed by atoms with Crippen molar-refractivity contribution >= 4 is 11.9 Å². The summed E-state index contributed by atoms with van der Waals surface area (Å²) in [5.41, 5.74) is 1.21.